The quantitative estimate of drug-likeness (QED) is 0.698. The molecule has 0 amide bonds. The normalized spacial score (nSPS) is 24.0. The SMILES string of the molecule is CCNC(CCCOC)C1CSCCS1. The summed E-state index contributed by atoms with van der Waals surface area (Å²) in [5, 5.41) is 4.43. The Labute approximate surface area is 102 Å². The predicted molar refractivity (Wildman–Crippen MR) is 72.1 cm³/mol. The highest BCUT2D eigenvalue weighted by Crippen LogP contribution is 2.28. The number of thioether (sulfide) groups is 2. The molecule has 0 radical (unpaired) electrons. The van der Waals surface area contributed by atoms with Crippen LogP contribution >= 0.6 is 23.5 Å². The topological polar surface area (TPSA) is 21.3 Å². The Morgan fingerprint density at radius 3 is 2.93 bits per heavy atom. The molecule has 1 fully saturated rings. The fraction of sp³-hybridized carbons (Fsp3) is 1.00. The molecule has 1 heterocycles. The molecule has 15 heavy (non-hydrogen) atoms. The summed E-state index contributed by atoms with van der Waals surface area (Å²) in [5.41, 5.74) is 0. The fourth-order valence-electron chi connectivity index (χ4n) is 1.87. The monoisotopic (exact) mass is 249 g/mol. The molecule has 1 rings (SSSR count). The molecule has 1 N–H and O–H groups in total. The lowest BCUT2D eigenvalue weighted by molar-refractivity contribution is 0.189. The minimum absolute atomic E-state index is 0.683. The van der Waals surface area contributed by atoms with Gasteiger partial charge in [0.2, 0.25) is 0 Å². The molecule has 4 heteroatoms. The Kier molecular flexibility index (Phi) is 7.97. The second-order valence-electron chi connectivity index (χ2n) is 3.78. The van der Waals surface area contributed by atoms with Crippen molar-refractivity contribution < 1.29 is 4.74 Å². The van der Waals surface area contributed by atoms with Crippen LogP contribution < -0.4 is 5.32 Å². The van der Waals surface area contributed by atoms with Gasteiger partial charge in [0, 0.05) is 42.3 Å². The van der Waals surface area contributed by atoms with E-state index in [1.807, 2.05) is 0 Å². The van der Waals surface area contributed by atoms with E-state index < -0.39 is 0 Å². The van der Waals surface area contributed by atoms with Gasteiger partial charge in [-0.25, -0.2) is 0 Å². The maximum absolute atomic E-state index is 5.12. The number of hydrogen-bond acceptors (Lipinski definition) is 4. The molecule has 2 unspecified atom stereocenters. The number of ether oxygens (including phenoxy) is 1. The number of nitrogens with one attached hydrogen (secondary N) is 1. The summed E-state index contributed by atoms with van der Waals surface area (Å²) in [4.78, 5) is 0. The van der Waals surface area contributed by atoms with E-state index in [9.17, 15) is 0 Å². The first-order valence-corrected chi connectivity index (χ1v) is 8.00. The van der Waals surface area contributed by atoms with Crippen molar-refractivity contribution in [3.05, 3.63) is 0 Å². The molecule has 1 saturated heterocycles. The highest BCUT2D eigenvalue weighted by Gasteiger charge is 2.23. The molecule has 2 nitrogen and oxygen atoms in total. The predicted octanol–water partition coefficient (Wildman–Crippen LogP) is 2.24. The third-order valence-corrected chi connectivity index (χ3v) is 5.54. The second kappa shape index (κ2) is 8.74. The van der Waals surface area contributed by atoms with Crippen LogP contribution in [0.5, 0.6) is 0 Å². The number of hydrogen-bond donors (Lipinski definition) is 1. The molecule has 90 valence electrons. The Hall–Kier alpha value is 0.620. The van der Waals surface area contributed by atoms with E-state index in [1.54, 1.807) is 7.11 Å². The molecule has 1 aliphatic rings. The van der Waals surface area contributed by atoms with Crippen molar-refractivity contribution in [2.24, 2.45) is 0 Å². The third-order valence-electron chi connectivity index (χ3n) is 2.62. The molecular weight excluding hydrogens is 226 g/mol. The van der Waals surface area contributed by atoms with Crippen molar-refractivity contribution in [2.75, 3.05) is 37.5 Å². The molecule has 1 aliphatic heterocycles. The van der Waals surface area contributed by atoms with Crippen LogP contribution in [0.3, 0.4) is 0 Å². The Morgan fingerprint density at radius 2 is 2.33 bits per heavy atom. The zero-order valence-electron chi connectivity index (χ0n) is 9.83. The Bertz CT molecular complexity index is 152. The van der Waals surface area contributed by atoms with Crippen molar-refractivity contribution in [3.8, 4) is 0 Å². The fourth-order valence-corrected chi connectivity index (χ4v) is 4.80. The van der Waals surface area contributed by atoms with Gasteiger partial charge < -0.3 is 10.1 Å². The van der Waals surface area contributed by atoms with E-state index in [4.69, 9.17) is 4.74 Å². The number of methoxy groups -OCH3 is 1. The summed E-state index contributed by atoms with van der Waals surface area (Å²) in [5.74, 6) is 3.97. The van der Waals surface area contributed by atoms with Gasteiger partial charge in [-0.2, -0.15) is 23.5 Å². The van der Waals surface area contributed by atoms with Crippen LogP contribution in [0.2, 0.25) is 0 Å². The summed E-state index contributed by atoms with van der Waals surface area (Å²) in [6, 6.07) is 0.683. The van der Waals surface area contributed by atoms with E-state index >= 15 is 0 Å². The van der Waals surface area contributed by atoms with Gasteiger partial charge in [-0.05, 0) is 19.4 Å². The highest BCUT2D eigenvalue weighted by molar-refractivity contribution is 8.06. The Morgan fingerprint density at radius 1 is 1.47 bits per heavy atom. The van der Waals surface area contributed by atoms with Gasteiger partial charge in [0.25, 0.3) is 0 Å². The van der Waals surface area contributed by atoms with Crippen LogP contribution in [0.4, 0.5) is 0 Å². The van der Waals surface area contributed by atoms with Gasteiger partial charge in [0.1, 0.15) is 0 Å². The van der Waals surface area contributed by atoms with Crippen LogP contribution in [0.1, 0.15) is 19.8 Å². The standard InChI is InChI=1S/C11H23NOS2/c1-3-12-10(5-4-6-13-2)11-9-14-7-8-15-11/h10-12H,3-9H2,1-2H3. The highest BCUT2D eigenvalue weighted by atomic mass is 32.2. The minimum Gasteiger partial charge on any atom is -0.385 e. The van der Waals surface area contributed by atoms with Gasteiger partial charge >= 0.3 is 0 Å². The van der Waals surface area contributed by atoms with E-state index in [0.717, 1.165) is 18.4 Å². The Balaban J connectivity index is 2.26. The van der Waals surface area contributed by atoms with E-state index in [1.165, 1.54) is 30.1 Å². The van der Waals surface area contributed by atoms with Gasteiger partial charge in [0.05, 0.1) is 0 Å². The zero-order valence-corrected chi connectivity index (χ0v) is 11.5. The average Bonchev–Trinajstić information content (AvgIpc) is 2.29. The lowest BCUT2D eigenvalue weighted by Gasteiger charge is -2.30. The summed E-state index contributed by atoms with van der Waals surface area (Å²) in [6.07, 6.45) is 2.43. The molecule has 0 aromatic carbocycles. The lowest BCUT2D eigenvalue weighted by Crippen LogP contribution is -2.41. The van der Waals surface area contributed by atoms with Crippen molar-refractivity contribution in [3.63, 3.8) is 0 Å². The van der Waals surface area contributed by atoms with Crippen LogP contribution in [0, 0.1) is 0 Å². The largest absolute Gasteiger partial charge is 0.385 e. The van der Waals surface area contributed by atoms with Gasteiger partial charge in [-0.15, -0.1) is 0 Å². The molecule has 0 saturated carbocycles. The van der Waals surface area contributed by atoms with E-state index in [2.05, 4.69) is 35.8 Å². The smallest absolute Gasteiger partial charge is 0.0462 e. The molecular formula is C11H23NOS2. The molecule has 0 bridgehead atoms. The van der Waals surface area contributed by atoms with Gasteiger partial charge in [-0.3, -0.25) is 0 Å². The maximum Gasteiger partial charge on any atom is 0.0462 e. The first-order valence-electron chi connectivity index (χ1n) is 5.80. The zero-order chi connectivity index (χ0) is 10.9. The van der Waals surface area contributed by atoms with Gasteiger partial charge in [-0.1, -0.05) is 6.92 Å². The number of rotatable bonds is 7. The van der Waals surface area contributed by atoms with E-state index in [0.29, 0.717) is 6.04 Å². The van der Waals surface area contributed by atoms with Crippen molar-refractivity contribution >= 4 is 23.5 Å². The summed E-state index contributed by atoms with van der Waals surface area (Å²) in [6.45, 7) is 4.18. The van der Waals surface area contributed by atoms with Crippen molar-refractivity contribution in [1.29, 1.82) is 0 Å². The minimum atomic E-state index is 0.683. The van der Waals surface area contributed by atoms with Crippen LogP contribution in [-0.4, -0.2) is 48.8 Å². The average molecular weight is 249 g/mol. The summed E-state index contributed by atoms with van der Waals surface area (Å²) < 4.78 is 5.12. The van der Waals surface area contributed by atoms with Crippen molar-refractivity contribution in [2.45, 2.75) is 31.1 Å². The summed E-state index contributed by atoms with van der Waals surface area (Å²) in [7, 11) is 1.79. The second-order valence-corrected chi connectivity index (χ2v) is 6.28. The van der Waals surface area contributed by atoms with Crippen LogP contribution in [-0.2, 0) is 4.74 Å². The van der Waals surface area contributed by atoms with Crippen molar-refractivity contribution in [1.82, 2.24) is 5.32 Å². The maximum atomic E-state index is 5.12. The van der Waals surface area contributed by atoms with Gasteiger partial charge in [0.15, 0.2) is 0 Å². The molecule has 0 spiro atoms. The third kappa shape index (κ3) is 5.48. The molecule has 2 atom stereocenters. The molecule has 0 aromatic heterocycles. The first-order chi connectivity index (χ1) is 7.38. The van der Waals surface area contributed by atoms with Crippen LogP contribution in [0.15, 0.2) is 0 Å². The summed E-state index contributed by atoms with van der Waals surface area (Å²) >= 11 is 4.25. The molecule has 0 aliphatic carbocycles. The van der Waals surface area contributed by atoms with Crippen LogP contribution in [0.25, 0.3) is 0 Å². The van der Waals surface area contributed by atoms with E-state index in [-0.39, 0.29) is 0 Å². The first kappa shape index (κ1) is 13.7. The lowest BCUT2D eigenvalue weighted by atomic mass is 10.1. The molecule has 0 aromatic rings.